The summed E-state index contributed by atoms with van der Waals surface area (Å²) in [5.74, 6) is -3.76. The van der Waals surface area contributed by atoms with Crippen LogP contribution in [0.2, 0.25) is 0 Å². The van der Waals surface area contributed by atoms with Crippen molar-refractivity contribution >= 4 is 29.3 Å². The van der Waals surface area contributed by atoms with Crippen molar-refractivity contribution in [1.82, 2.24) is 0 Å². The number of nitrogens with zero attached hydrogens (tertiary/aromatic N) is 1. The Bertz CT molecular complexity index is 1160. The summed E-state index contributed by atoms with van der Waals surface area (Å²) in [5, 5.41) is 10.1. The average molecular weight is 435 g/mol. The maximum atomic E-state index is 13.0. The van der Waals surface area contributed by atoms with Crippen LogP contribution in [0.25, 0.3) is 0 Å². The molecule has 2 amide bonds. The molecule has 5 rings (SSSR count). The number of amides is 2. The van der Waals surface area contributed by atoms with Gasteiger partial charge in [-0.3, -0.25) is 14.4 Å². The third-order valence-electron chi connectivity index (χ3n) is 6.43. The van der Waals surface area contributed by atoms with Crippen LogP contribution in [0.3, 0.4) is 0 Å². The predicted molar refractivity (Wildman–Crippen MR) is 109 cm³/mol. The summed E-state index contributed by atoms with van der Waals surface area (Å²) in [7, 11) is 0. The molecule has 1 heterocycles. The quantitative estimate of drug-likeness (QED) is 0.336. The van der Waals surface area contributed by atoms with Gasteiger partial charge >= 0.3 is 5.97 Å². The number of Topliss-reactive ketones (excluding diaryl/α,β-unsaturated/α-hetero) is 1. The van der Waals surface area contributed by atoms with E-state index in [0.29, 0.717) is 0 Å². The highest BCUT2D eigenvalue weighted by Crippen LogP contribution is 2.53. The first-order valence-electron chi connectivity index (χ1n) is 10.2. The van der Waals surface area contributed by atoms with E-state index in [1.165, 1.54) is 30.3 Å². The average Bonchev–Trinajstić information content (AvgIpc) is 3.47. The summed E-state index contributed by atoms with van der Waals surface area (Å²) in [6.07, 6.45) is 4.77. The largest absolute Gasteiger partial charge is 0.507 e. The highest BCUT2D eigenvalue weighted by atomic mass is 19.1. The number of anilines is 1. The molecule has 32 heavy (non-hydrogen) atoms. The van der Waals surface area contributed by atoms with Crippen LogP contribution in [-0.4, -0.2) is 35.3 Å². The Morgan fingerprint density at radius 1 is 1.00 bits per heavy atom. The number of rotatable bonds is 5. The normalized spacial score (nSPS) is 25.3. The molecular weight excluding hydrogens is 417 g/mol. The molecule has 2 bridgehead atoms. The summed E-state index contributed by atoms with van der Waals surface area (Å²) < 4.78 is 18.0. The number of carbonyl (C=O) groups is 4. The van der Waals surface area contributed by atoms with E-state index in [9.17, 15) is 28.7 Å². The zero-order valence-electron chi connectivity index (χ0n) is 16.7. The minimum Gasteiger partial charge on any atom is -0.507 e. The molecule has 2 aromatic rings. The van der Waals surface area contributed by atoms with Gasteiger partial charge in [0.05, 0.1) is 17.5 Å². The number of ether oxygens (including phenoxy) is 1. The van der Waals surface area contributed by atoms with E-state index < -0.39 is 41.8 Å². The maximum Gasteiger partial charge on any atom is 0.342 e. The number of halogens is 1. The van der Waals surface area contributed by atoms with Crippen molar-refractivity contribution in [1.29, 1.82) is 0 Å². The first kappa shape index (κ1) is 20.1. The van der Waals surface area contributed by atoms with Gasteiger partial charge < -0.3 is 9.84 Å². The summed E-state index contributed by atoms with van der Waals surface area (Å²) in [6.45, 7) is -0.616. The number of esters is 1. The second-order valence-electron chi connectivity index (χ2n) is 8.22. The fourth-order valence-electron chi connectivity index (χ4n) is 4.91. The van der Waals surface area contributed by atoms with Crippen LogP contribution in [0.1, 0.15) is 27.1 Å². The molecule has 1 saturated heterocycles. The van der Waals surface area contributed by atoms with E-state index in [1.807, 2.05) is 12.2 Å². The standard InChI is InChI=1S/C24H18FNO6/c25-15-5-3-12(4-6-15)19(28)11-32-24(31)17-10-16(7-8-18(17)27)26-22(29)20-13-1-2-14(9-13)21(20)23(26)30/h1-8,10,13-14,20-21,27H,9,11H2/t13-,14-,20-,21-/m0/s1. The Hall–Kier alpha value is -3.81. The van der Waals surface area contributed by atoms with Gasteiger partial charge in [0, 0.05) is 5.56 Å². The lowest BCUT2D eigenvalue weighted by atomic mass is 9.85. The Kier molecular flexibility index (Phi) is 4.65. The number of benzene rings is 2. The van der Waals surface area contributed by atoms with Gasteiger partial charge in [0.15, 0.2) is 12.4 Å². The topological polar surface area (TPSA) is 101 Å². The lowest BCUT2D eigenvalue weighted by Gasteiger charge is -2.18. The van der Waals surface area contributed by atoms with Gasteiger partial charge in [0.1, 0.15) is 17.1 Å². The van der Waals surface area contributed by atoms with Gasteiger partial charge in [0.25, 0.3) is 0 Å². The first-order chi connectivity index (χ1) is 15.3. The number of carbonyl (C=O) groups excluding carboxylic acids is 4. The molecule has 1 N–H and O–H groups in total. The number of phenols is 1. The second-order valence-corrected chi connectivity index (χ2v) is 8.22. The molecular formula is C24H18FNO6. The van der Waals surface area contributed by atoms with E-state index in [-0.39, 0.29) is 40.5 Å². The summed E-state index contributed by atoms with van der Waals surface area (Å²) in [6, 6.07) is 8.58. The number of ketones is 1. The number of imide groups is 1. The van der Waals surface area contributed by atoms with Crippen LogP contribution in [0.15, 0.2) is 54.6 Å². The highest BCUT2D eigenvalue weighted by molar-refractivity contribution is 6.23. The van der Waals surface area contributed by atoms with Crippen molar-refractivity contribution in [2.75, 3.05) is 11.5 Å². The third-order valence-corrected chi connectivity index (χ3v) is 6.43. The molecule has 4 atom stereocenters. The van der Waals surface area contributed by atoms with Gasteiger partial charge in [-0.15, -0.1) is 0 Å². The molecule has 0 aromatic heterocycles. The fourth-order valence-corrected chi connectivity index (χ4v) is 4.91. The molecule has 2 aliphatic carbocycles. The maximum absolute atomic E-state index is 13.0. The van der Waals surface area contributed by atoms with Crippen LogP contribution >= 0.6 is 0 Å². The Morgan fingerprint density at radius 2 is 1.62 bits per heavy atom. The van der Waals surface area contributed by atoms with E-state index in [0.717, 1.165) is 23.5 Å². The smallest absolute Gasteiger partial charge is 0.342 e. The summed E-state index contributed by atoms with van der Waals surface area (Å²) in [5.41, 5.74) is 0.0665. The van der Waals surface area contributed by atoms with Crippen molar-refractivity contribution < 1.29 is 33.4 Å². The molecule has 2 aromatic carbocycles. The zero-order valence-corrected chi connectivity index (χ0v) is 16.7. The molecule has 2 fully saturated rings. The van der Waals surface area contributed by atoms with Gasteiger partial charge in [-0.1, -0.05) is 12.2 Å². The number of aromatic hydroxyl groups is 1. The predicted octanol–water partition coefficient (Wildman–Crippen LogP) is 2.88. The van der Waals surface area contributed by atoms with Gasteiger partial charge in [0.2, 0.25) is 11.8 Å². The van der Waals surface area contributed by atoms with E-state index in [2.05, 4.69) is 0 Å². The number of allylic oxidation sites excluding steroid dienone is 2. The lowest BCUT2D eigenvalue weighted by molar-refractivity contribution is -0.123. The first-order valence-corrected chi connectivity index (χ1v) is 10.2. The minimum absolute atomic E-state index is 0.0467. The van der Waals surface area contributed by atoms with Crippen LogP contribution in [0.5, 0.6) is 5.75 Å². The Labute approximate surface area is 182 Å². The molecule has 3 aliphatic rings. The van der Waals surface area contributed by atoms with Gasteiger partial charge in [-0.05, 0) is 60.7 Å². The number of hydrogen-bond donors (Lipinski definition) is 1. The molecule has 162 valence electrons. The van der Waals surface area contributed by atoms with Crippen molar-refractivity contribution in [3.8, 4) is 5.75 Å². The van der Waals surface area contributed by atoms with Crippen molar-refractivity contribution in [3.05, 3.63) is 71.6 Å². The molecule has 1 aliphatic heterocycles. The molecule has 0 spiro atoms. The SMILES string of the molecule is O=C(COC(=O)c1cc(N2C(=O)[C@@H]3[C@@H](C2=O)[C@H]2C=C[C@H]3C2)ccc1O)c1ccc(F)cc1. The lowest BCUT2D eigenvalue weighted by Crippen LogP contribution is -2.33. The third kappa shape index (κ3) is 3.10. The van der Waals surface area contributed by atoms with Gasteiger partial charge in [-0.2, -0.15) is 0 Å². The van der Waals surface area contributed by atoms with Crippen molar-refractivity contribution in [3.63, 3.8) is 0 Å². The Balaban J connectivity index is 1.33. The van der Waals surface area contributed by atoms with E-state index >= 15 is 0 Å². The zero-order chi connectivity index (χ0) is 22.6. The minimum atomic E-state index is -0.985. The van der Waals surface area contributed by atoms with Crippen LogP contribution in [0.4, 0.5) is 10.1 Å². The van der Waals surface area contributed by atoms with Crippen LogP contribution in [0, 0.1) is 29.5 Å². The van der Waals surface area contributed by atoms with E-state index in [1.54, 1.807) is 0 Å². The van der Waals surface area contributed by atoms with Crippen LogP contribution in [-0.2, 0) is 14.3 Å². The summed E-state index contributed by atoms with van der Waals surface area (Å²) in [4.78, 5) is 51.7. The number of fused-ring (bicyclic) bond motifs is 5. The number of phenolic OH excluding ortho intramolecular Hbond substituents is 1. The van der Waals surface area contributed by atoms with Crippen LogP contribution < -0.4 is 4.90 Å². The van der Waals surface area contributed by atoms with Gasteiger partial charge in [-0.25, -0.2) is 14.1 Å². The highest BCUT2D eigenvalue weighted by Gasteiger charge is 2.59. The second kappa shape index (κ2) is 7.40. The van der Waals surface area contributed by atoms with Crippen molar-refractivity contribution in [2.45, 2.75) is 6.42 Å². The Morgan fingerprint density at radius 3 is 2.25 bits per heavy atom. The molecule has 8 heteroatoms. The van der Waals surface area contributed by atoms with E-state index in [4.69, 9.17) is 4.74 Å². The molecule has 1 saturated carbocycles. The van der Waals surface area contributed by atoms with Crippen molar-refractivity contribution in [2.24, 2.45) is 23.7 Å². The molecule has 0 radical (unpaired) electrons. The summed E-state index contributed by atoms with van der Waals surface area (Å²) >= 11 is 0. The molecule has 7 nitrogen and oxygen atoms in total. The molecule has 0 unspecified atom stereocenters. The fraction of sp³-hybridized carbons (Fsp3) is 0.250. The monoisotopic (exact) mass is 435 g/mol. The number of hydrogen-bond acceptors (Lipinski definition) is 6.